The number of morpholine rings is 1. The summed E-state index contributed by atoms with van der Waals surface area (Å²) in [5, 5.41) is 5.57. The van der Waals surface area contributed by atoms with Gasteiger partial charge in [-0.25, -0.2) is 0 Å². The highest BCUT2D eigenvalue weighted by atomic mass is 79.9. The zero-order chi connectivity index (χ0) is 16.9. The van der Waals surface area contributed by atoms with Crippen LogP contribution in [0.3, 0.4) is 0 Å². The Hall–Kier alpha value is -1.70. The topological polar surface area (TPSA) is 70.7 Å². The van der Waals surface area contributed by atoms with E-state index in [-0.39, 0.29) is 11.8 Å². The molecule has 0 unspecified atom stereocenters. The molecule has 2 heterocycles. The van der Waals surface area contributed by atoms with Gasteiger partial charge in [-0.3, -0.25) is 19.8 Å². The number of ether oxygens (including phenoxy) is 1. The highest BCUT2D eigenvalue weighted by Gasteiger charge is 2.27. The van der Waals surface area contributed by atoms with Gasteiger partial charge in [-0.15, -0.1) is 0 Å². The number of hydrogen-bond donors (Lipinski definition) is 2. The number of fused-ring (bicyclic) bond motifs is 1. The molecular formula is C17H20BrN3O3. The number of imide groups is 1. The van der Waals surface area contributed by atoms with E-state index in [2.05, 4.69) is 31.5 Å². The first-order valence-electron chi connectivity index (χ1n) is 8.04. The average Bonchev–Trinajstić information content (AvgIpc) is 2.58. The van der Waals surface area contributed by atoms with Gasteiger partial charge in [0.2, 0.25) is 0 Å². The summed E-state index contributed by atoms with van der Waals surface area (Å²) in [7, 11) is 0. The number of benzene rings is 1. The van der Waals surface area contributed by atoms with Gasteiger partial charge in [0.1, 0.15) is 0 Å². The van der Waals surface area contributed by atoms with Gasteiger partial charge in [0.25, 0.3) is 11.8 Å². The fourth-order valence-corrected chi connectivity index (χ4v) is 3.21. The molecule has 0 radical (unpaired) electrons. The van der Waals surface area contributed by atoms with E-state index in [1.807, 2.05) is 0 Å². The molecule has 1 aromatic carbocycles. The molecule has 6 nitrogen and oxygen atoms in total. The van der Waals surface area contributed by atoms with Crippen molar-refractivity contribution in [3.8, 4) is 0 Å². The molecule has 2 N–H and O–H groups in total. The van der Waals surface area contributed by atoms with E-state index in [1.165, 1.54) is 0 Å². The van der Waals surface area contributed by atoms with Gasteiger partial charge in [0.15, 0.2) is 0 Å². The summed E-state index contributed by atoms with van der Waals surface area (Å²) in [6.07, 6.45) is 2.68. The Bertz CT molecular complexity index is 669. The quantitative estimate of drug-likeness (QED) is 0.449. The van der Waals surface area contributed by atoms with Crippen molar-refractivity contribution in [2.75, 3.05) is 39.4 Å². The van der Waals surface area contributed by atoms with Crippen molar-refractivity contribution in [1.29, 1.82) is 0 Å². The zero-order valence-corrected chi connectivity index (χ0v) is 14.9. The third-order valence-corrected chi connectivity index (χ3v) is 4.63. The van der Waals surface area contributed by atoms with E-state index in [1.54, 1.807) is 24.4 Å². The molecular weight excluding hydrogens is 374 g/mol. The first kappa shape index (κ1) is 17.1. The summed E-state index contributed by atoms with van der Waals surface area (Å²) in [5.41, 5.74) is 1.65. The van der Waals surface area contributed by atoms with Crippen molar-refractivity contribution in [3.63, 3.8) is 0 Å². The Balaban J connectivity index is 1.60. The largest absolute Gasteiger partial charge is 0.390 e. The predicted molar refractivity (Wildman–Crippen MR) is 94.5 cm³/mol. The van der Waals surface area contributed by atoms with Crippen LogP contribution in [0.1, 0.15) is 22.3 Å². The highest BCUT2D eigenvalue weighted by Crippen LogP contribution is 2.26. The molecule has 0 atom stereocenters. The molecule has 0 saturated carbocycles. The number of nitrogens with zero attached hydrogens (tertiary/aromatic N) is 1. The number of carbonyl (C=O) groups excluding carboxylic acids is 2. The Morgan fingerprint density at radius 3 is 2.79 bits per heavy atom. The summed E-state index contributed by atoms with van der Waals surface area (Å²) >= 11 is 3.39. The van der Waals surface area contributed by atoms with Crippen molar-refractivity contribution in [1.82, 2.24) is 15.5 Å². The number of carbonyl (C=O) groups is 2. The third kappa shape index (κ3) is 4.03. The molecule has 128 valence electrons. The van der Waals surface area contributed by atoms with Crippen molar-refractivity contribution in [2.24, 2.45) is 0 Å². The van der Waals surface area contributed by atoms with Crippen molar-refractivity contribution in [3.05, 3.63) is 40.0 Å². The third-order valence-electron chi connectivity index (χ3n) is 4.13. The van der Waals surface area contributed by atoms with Crippen LogP contribution in [0.25, 0.3) is 5.57 Å². The molecule has 0 spiro atoms. The minimum absolute atomic E-state index is 0.355. The second-order valence-electron chi connectivity index (χ2n) is 5.79. The van der Waals surface area contributed by atoms with E-state index >= 15 is 0 Å². The van der Waals surface area contributed by atoms with E-state index in [4.69, 9.17) is 4.74 Å². The molecule has 1 fully saturated rings. The van der Waals surface area contributed by atoms with Gasteiger partial charge in [-0.2, -0.15) is 0 Å². The average molecular weight is 394 g/mol. The van der Waals surface area contributed by atoms with Crippen LogP contribution in [0.2, 0.25) is 0 Å². The van der Waals surface area contributed by atoms with Crippen molar-refractivity contribution < 1.29 is 14.3 Å². The second-order valence-corrected chi connectivity index (χ2v) is 6.71. The molecule has 2 aliphatic heterocycles. The first-order valence-corrected chi connectivity index (χ1v) is 8.84. The van der Waals surface area contributed by atoms with Gasteiger partial charge in [0, 0.05) is 41.4 Å². The van der Waals surface area contributed by atoms with Gasteiger partial charge in [0.05, 0.1) is 18.8 Å². The van der Waals surface area contributed by atoms with Gasteiger partial charge in [-0.05, 0) is 31.2 Å². The summed E-state index contributed by atoms with van der Waals surface area (Å²) in [6.45, 7) is 5.34. The molecule has 0 aliphatic carbocycles. The molecule has 24 heavy (non-hydrogen) atoms. The monoisotopic (exact) mass is 393 g/mol. The van der Waals surface area contributed by atoms with Crippen molar-refractivity contribution in [2.45, 2.75) is 6.42 Å². The fraction of sp³-hybridized carbons (Fsp3) is 0.412. The Labute approximate surface area is 149 Å². The molecule has 7 heteroatoms. The van der Waals surface area contributed by atoms with Crippen LogP contribution in [0.15, 0.2) is 28.9 Å². The van der Waals surface area contributed by atoms with E-state index in [0.717, 1.165) is 50.3 Å². The summed E-state index contributed by atoms with van der Waals surface area (Å²) < 4.78 is 6.16. The lowest BCUT2D eigenvalue weighted by molar-refractivity contribution is -0.114. The highest BCUT2D eigenvalue weighted by molar-refractivity contribution is 9.10. The summed E-state index contributed by atoms with van der Waals surface area (Å²) in [4.78, 5) is 26.4. The Kier molecular flexibility index (Phi) is 5.65. The molecule has 2 amide bonds. The van der Waals surface area contributed by atoms with Crippen LogP contribution in [0.4, 0.5) is 0 Å². The molecule has 1 aromatic rings. The summed E-state index contributed by atoms with van der Waals surface area (Å²) in [5.74, 6) is -0.724. The first-order chi connectivity index (χ1) is 11.6. The molecule has 3 rings (SSSR count). The van der Waals surface area contributed by atoms with Crippen LogP contribution in [0.5, 0.6) is 0 Å². The van der Waals surface area contributed by atoms with Gasteiger partial charge >= 0.3 is 0 Å². The maximum atomic E-state index is 12.1. The van der Waals surface area contributed by atoms with Crippen LogP contribution < -0.4 is 10.6 Å². The molecule has 1 saturated heterocycles. The van der Waals surface area contributed by atoms with Gasteiger partial charge < -0.3 is 10.1 Å². The van der Waals surface area contributed by atoms with E-state index in [0.29, 0.717) is 16.7 Å². The van der Waals surface area contributed by atoms with Crippen LogP contribution in [0, 0.1) is 0 Å². The lowest BCUT2D eigenvalue weighted by atomic mass is 9.96. The fourth-order valence-electron chi connectivity index (χ4n) is 2.84. The maximum absolute atomic E-state index is 12.1. The number of nitrogens with one attached hydrogen (secondary N) is 2. The standard InChI is InChI=1S/C17H20BrN3O3/c18-12-2-3-13-14(10-12)15(17(23)20-16(13)22)11-19-4-1-5-21-6-8-24-9-7-21/h2-3,10-11,19H,1,4-9H2,(H,20,22,23)/b15-11+. The van der Waals surface area contributed by atoms with Gasteiger partial charge in [-0.1, -0.05) is 15.9 Å². The zero-order valence-electron chi connectivity index (χ0n) is 13.3. The Morgan fingerprint density at radius 1 is 1.21 bits per heavy atom. The predicted octanol–water partition coefficient (Wildman–Crippen LogP) is 1.37. The van der Waals surface area contributed by atoms with Crippen LogP contribution in [-0.2, 0) is 9.53 Å². The lowest BCUT2D eigenvalue weighted by Gasteiger charge is -2.26. The summed E-state index contributed by atoms with van der Waals surface area (Å²) in [6, 6.07) is 5.31. The van der Waals surface area contributed by atoms with E-state index < -0.39 is 0 Å². The number of hydrogen-bond acceptors (Lipinski definition) is 5. The maximum Gasteiger partial charge on any atom is 0.260 e. The van der Waals surface area contributed by atoms with Crippen LogP contribution >= 0.6 is 15.9 Å². The Morgan fingerprint density at radius 2 is 2.00 bits per heavy atom. The molecule has 2 aliphatic rings. The number of halogens is 1. The minimum Gasteiger partial charge on any atom is -0.390 e. The SMILES string of the molecule is O=C1NC(=O)c2ccc(Br)cc2/C1=C\NCCCN1CCOCC1. The molecule has 0 bridgehead atoms. The normalized spacial score (nSPS) is 20.0. The number of rotatable bonds is 5. The smallest absolute Gasteiger partial charge is 0.260 e. The van der Waals surface area contributed by atoms with Crippen LogP contribution in [-0.4, -0.2) is 56.1 Å². The lowest BCUT2D eigenvalue weighted by Crippen LogP contribution is -2.38. The second kappa shape index (κ2) is 7.92. The minimum atomic E-state index is -0.369. The molecule has 0 aromatic heterocycles. The number of amides is 2. The van der Waals surface area contributed by atoms with Crippen molar-refractivity contribution >= 4 is 33.3 Å². The van der Waals surface area contributed by atoms with E-state index in [9.17, 15) is 9.59 Å².